The summed E-state index contributed by atoms with van der Waals surface area (Å²) in [5.41, 5.74) is 0.307. The summed E-state index contributed by atoms with van der Waals surface area (Å²) in [5, 5.41) is 11.7. The Morgan fingerprint density at radius 2 is 2.22 bits per heavy atom. The van der Waals surface area contributed by atoms with E-state index in [2.05, 4.69) is 21.2 Å². The van der Waals surface area contributed by atoms with E-state index >= 15 is 0 Å². The fraction of sp³-hybridized carbons (Fsp3) is 0.273. The maximum absolute atomic E-state index is 11.9. The van der Waals surface area contributed by atoms with Crippen molar-refractivity contribution in [3.8, 4) is 0 Å². The fourth-order valence-electron chi connectivity index (χ4n) is 1.25. The van der Waals surface area contributed by atoms with Crippen LogP contribution in [0.5, 0.6) is 0 Å². The fourth-order valence-corrected chi connectivity index (χ4v) is 2.11. The van der Waals surface area contributed by atoms with Gasteiger partial charge in [-0.1, -0.05) is 11.6 Å². The molecule has 0 bridgehead atoms. The first-order chi connectivity index (χ1) is 8.45. The first-order valence-electron chi connectivity index (χ1n) is 4.93. The van der Waals surface area contributed by atoms with Crippen molar-refractivity contribution in [3.05, 3.63) is 33.3 Å². The highest BCUT2D eigenvalue weighted by atomic mass is 79.9. The molecule has 1 atom stereocenters. The van der Waals surface area contributed by atoms with Gasteiger partial charge in [0.1, 0.15) is 0 Å². The zero-order valence-corrected chi connectivity index (χ0v) is 11.8. The van der Waals surface area contributed by atoms with Gasteiger partial charge < -0.3 is 15.2 Å². The van der Waals surface area contributed by atoms with Crippen molar-refractivity contribution >= 4 is 39.4 Å². The standard InChI is InChI=1S/C11H11BrClNO4/c1-18-5-9(11(16)17)14-10(15)7-3-2-6(13)4-8(7)12/h2-4,9H,5H2,1H3,(H,14,15)(H,16,17). The van der Waals surface area contributed by atoms with Gasteiger partial charge in [-0.15, -0.1) is 0 Å². The van der Waals surface area contributed by atoms with E-state index in [1.54, 1.807) is 12.1 Å². The molecule has 0 fully saturated rings. The number of carbonyl (C=O) groups excluding carboxylic acids is 1. The van der Waals surface area contributed by atoms with Crippen LogP contribution in [0, 0.1) is 0 Å². The Bertz CT molecular complexity index is 466. The minimum absolute atomic E-state index is 0.105. The van der Waals surface area contributed by atoms with Crippen LogP contribution in [0.15, 0.2) is 22.7 Å². The molecule has 1 amide bonds. The Balaban J connectivity index is 2.83. The lowest BCUT2D eigenvalue weighted by Gasteiger charge is -2.14. The second-order valence-corrected chi connectivity index (χ2v) is 4.73. The summed E-state index contributed by atoms with van der Waals surface area (Å²) < 4.78 is 5.22. The van der Waals surface area contributed by atoms with E-state index < -0.39 is 17.9 Å². The molecule has 0 radical (unpaired) electrons. The first kappa shape index (κ1) is 14.9. The smallest absolute Gasteiger partial charge is 0.328 e. The van der Waals surface area contributed by atoms with Crippen LogP contribution in [0.1, 0.15) is 10.4 Å². The Hall–Kier alpha value is -1.11. The number of aliphatic carboxylic acids is 1. The number of carboxylic acid groups (broad SMARTS) is 1. The summed E-state index contributed by atoms with van der Waals surface area (Å²) in [7, 11) is 1.36. The van der Waals surface area contributed by atoms with E-state index in [0.717, 1.165) is 0 Å². The van der Waals surface area contributed by atoms with Crippen LogP contribution in [0.25, 0.3) is 0 Å². The predicted molar refractivity (Wildman–Crippen MR) is 69.9 cm³/mol. The molecule has 0 saturated carbocycles. The van der Waals surface area contributed by atoms with Crippen LogP contribution in [-0.2, 0) is 9.53 Å². The van der Waals surface area contributed by atoms with Crippen LogP contribution < -0.4 is 5.32 Å². The van der Waals surface area contributed by atoms with Crippen molar-refractivity contribution < 1.29 is 19.4 Å². The van der Waals surface area contributed by atoms with Crippen molar-refractivity contribution in [2.45, 2.75) is 6.04 Å². The molecule has 0 spiro atoms. The molecular weight excluding hydrogens is 325 g/mol. The summed E-state index contributed by atoms with van der Waals surface area (Å²) in [5.74, 6) is -1.67. The van der Waals surface area contributed by atoms with E-state index in [1.807, 2.05) is 0 Å². The van der Waals surface area contributed by atoms with Gasteiger partial charge in [0, 0.05) is 16.6 Å². The van der Waals surface area contributed by atoms with Crippen LogP contribution in [-0.4, -0.2) is 36.7 Å². The maximum atomic E-state index is 11.9. The monoisotopic (exact) mass is 335 g/mol. The summed E-state index contributed by atoms with van der Waals surface area (Å²) in [4.78, 5) is 22.7. The summed E-state index contributed by atoms with van der Waals surface area (Å²) in [6.07, 6.45) is 0. The minimum atomic E-state index is -1.16. The number of halogens is 2. The van der Waals surface area contributed by atoms with Gasteiger partial charge in [-0.3, -0.25) is 4.79 Å². The largest absolute Gasteiger partial charge is 0.480 e. The highest BCUT2D eigenvalue weighted by Crippen LogP contribution is 2.21. The number of amides is 1. The SMILES string of the molecule is COCC(NC(=O)c1ccc(Cl)cc1Br)C(=O)O. The molecule has 2 N–H and O–H groups in total. The molecule has 0 heterocycles. The number of hydrogen-bond donors (Lipinski definition) is 2. The number of methoxy groups -OCH3 is 1. The number of nitrogens with one attached hydrogen (secondary N) is 1. The van der Waals surface area contributed by atoms with E-state index in [1.165, 1.54) is 13.2 Å². The van der Waals surface area contributed by atoms with Gasteiger partial charge in [-0.25, -0.2) is 4.79 Å². The molecule has 0 saturated heterocycles. The Morgan fingerprint density at radius 3 is 2.72 bits per heavy atom. The van der Waals surface area contributed by atoms with Gasteiger partial charge in [0.25, 0.3) is 5.91 Å². The number of ether oxygens (including phenoxy) is 1. The third kappa shape index (κ3) is 3.97. The van der Waals surface area contributed by atoms with Gasteiger partial charge in [-0.05, 0) is 34.1 Å². The number of hydrogen-bond acceptors (Lipinski definition) is 3. The molecule has 7 heteroatoms. The van der Waals surface area contributed by atoms with Crippen molar-refractivity contribution in [2.75, 3.05) is 13.7 Å². The molecule has 1 unspecified atom stereocenters. The van der Waals surface area contributed by atoms with Gasteiger partial charge in [0.05, 0.1) is 12.2 Å². The second kappa shape index (κ2) is 6.72. The van der Waals surface area contributed by atoms with E-state index in [-0.39, 0.29) is 6.61 Å². The highest BCUT2D eigenvalue weighted by Gasteiger charge is 2.21. The molecule has 98 valence electrons. The summed E-state index contributed by atoms with van der Waals surface area (Å²) in [6.45, 7) is -0.105. The van der Waals surface area contributed by atoms with Crippen molar-refractivity contribution in [3.63, 3.8) is 0 Å². The van der Waals surface area contributed by atoms with E-state index in [0.29, 0.717) is 15.1 Å². The molecule has 0 aliphatic carbocycles. The molecule has 0 aromatic heterocycles. The topological polar surface area (TPSA) is 75.6 Å². The lowest BCUT2D eigenvalue weighted by atomic mass is 10.2. The number of benzene rings is 1. The highest BCUT2D eigenvalue weighted by molar-refractivity contribution is 9.10. The number of carbonyl (C=O) groups is 2. The normalized spacial score (nSPS) is 11.9. The maximum Gasteiger partial charge on any atom is 0.328 e. The summed E-state index contributed by atoms with van der Waals surface area (Å²) >= 11 is 8.94. The van der Waals surface area contributed by atoms with Crippen LogP contribution in [0.4, 0.5) is 0 Å². The molecule has 0 aliphatic heterocycles. The predicted octanol–water partition coefficient (Wildman–Crippen LogP) is 1.93. The average molecular weight is 337 g/mol. The third-order valence-electron chi connectivity index (χ3n) is 2.11. The van der Waals surface area contributed by atoms with E-state index in [4.69, 9.17) is 21.4 Å². The zero-order valence-electron chi connectivity index (χ0n) is 9.44. The molecule has 1 aromatic carbocycles. The van der Waals surface area contributed by atoms with Crippen LogP contribution >= 0.6 is 27.5 Å². The Morgan fingerprint density at radius 1 is 1.56 bits per heavy atom. The van der Waals surface area contributed by atoms with Crippen LogP contribution in [0.2, 0.25) is 5.02 Å². The lowest BCUT2D eigenvalue weighted by molar-refractivity contribution is -0.140. The minimum Gasteiger partial charge on any atom is -0.480 e. The Labute approximate surface area is 117 Å². The van der Waals surface area contributed by atoms with Crippen LogP contribution in [0.3, 0.4) is 0 Å². The van der Waals surface area contributed by atoms with Gasteiger partial charge in [-0.2, -0.15) is 0 Å². The first-order valence-corrected chi connectivity index (χ1v) is 6.10. The number of carboxylic acids is 1. The number of rotatable bonds is 5. The quantitative estimate of drug-likeness (QED) is 0.861. The van der Waals surface area contributed by atoms with Crippen molar-refractivity contribution in [1.82, 2.24) is 5.32 Å². The molecule has 18 heavy (non-hydrogen) atoms. The Kier molecular flexibility index (Phi) is 5.58. The van der Waals surface area contributed by atoms with Gasteiger partial charge >= 0.3 is 5.97 Å². The molecule has 5 nitrogen and oxygen atoms in total. The summed E-state index contributed by atoms with van der Waals surface area (Å²) in [6, 6.07) is 3.52. The molecule has 0 aliphatic rings. The van der Waals surface area contributed by atoms with Gasteiger partial charge in [0.15, 0.2) is 6.04 Å². The lowest BCUT2D eigenvalue weighted by Crippen LogP contribution is -2.43. The van der Waals surface area contributed by atoms with E-state index in [9.17, 15) is 9.59 Å². The molecule has 1 aromatic rings. The van der Waals surface area contributed by atoms with Gasteiger partial charge in [0.2, 0.25) is 0 Å². The third-order valence-corrected chi connectivity index (χ3v) is 3.00. The second-order valence-electron chi connectivity index (χ2n) is 3.44. The van der Waals surface area contributed by atoms with Crippen molar-refractivity contribution in [2.24, 2.45) is 0 Å². The molecular formula is C11H11BrClNO4. The molecule has 1 rings (SSSR count). The van der Waals surface area contributed by atoms with Crippen molar-refractivity contribution in [1.29, 1.82) is 0 Å². The average Bonchev–Trinajstić information content (AvgIpc) is 2.27. The zero-order chi connectivity index (χ0) is 13.7.